The molecule has 0 bridgehead atoms. The number of nitrogens with one attached hydrogen (secondary N) is 2. The van der Waals surface area contributed by atoms with Crippen LogP contribution in [0.4, 0.5) is 0 Å². The second kappa shape index (κ2) is 16.8. The standard InChI is InChI=1S/C29H43N5O13/c1-5-16-17(7-6-15-10-34(8-9-35)11-18(24(38)39)21(15)33-28(30)32-3)19(25(40)43-4)13-44-26(16)47-27-23(45-14-31-2)29(41,42)22(37)20(12-36)46-27/h5-7,11,13,16-17,20,22-23,26-27,31,35-37,41-42H,1,8-10,12,14H2,2-4H3,(H,38,39)(H3,30,32,33). The van der Waals surface area contributed by atoms with Crippen LogP contribution in [0.25, 0.3) is 0 Å². The summed E-state index contributed by atoms with van der Waals surface area (Å²) in [6.07, 6.45) is -1.06. The number of esters is 1. The van der Waals surface area contributed by atoms with Crippen molar-refractivity contribution in [2.24, 2.45) is 22.6 Å². The molecule has 0 saturated carbocycles. The maximum absolute atomic E-state index is 12.9. The van der Waals surface area contributed by atoms with Gasteiger partial charge in [0.05, 0.1) is 56.1 Å². The molecule has 10 N–H and O–H groups in total. The molecule has 0 amide bonds. The molecular formula is C29H43N5O13. The van der Waals surface area contributed by atoms with Crippen molar-refractivity contribution in [2.45, 2.75) is 36.7 Å². The number of aliphatic carboxylic acids is 1. The third-order valence-corrected chi connectivity index (χ3v) is 7.62. The number of aliphatic hydroxyl groups excluding tert-OH is 3. The minimum atomic E-state index is -2.92. The molecule has 0 aromatic heterocycles. The molecule has 0 radical (unpaired) electrons. The van der Waals surface area contributed by atoms with E-state index in [2.05, 4.69) is 22.2 Å². The van der Waals surface area contributed by atoms with E-state index in [4.69, 9.17) is 29.4 Å². The molecule has 3 heterocycles. The lowest BCUT2D eigenvalue weighted by Crippen LogP contribution is -2.69. The Morgan fingerprint density at radius 2 is 2.02 bits per heavy atom. The second-order valence-electron chi connectivity index (χ2n) is 10.6. The minimum absolute atomic E-state index is 0.0325. The van der Waals surface area contributed by atoms with E-state index >= 15 is 0 Å². The fourth-order valence-electron chi connectivity index (χ4n) is 5.20. The van der Waals surface area contributed by atoms with E-state index in [0.29, 0.717) is 5.57 Å². The molecule has 0 aliphatic carbocycles. The third kappa shape index (κ3) is 8.55. The monoisotopic (exact) mass is 669 g/mol. The number of carboxylic acid groups (broad SMARTS) is 1. The quantitative estimate of drug-likeness (QED) is 0.0289. The third-order valence-electron chi connectivity index (χ3n) is 7.62. The number of aliphatic imine (C=N–C) groups is 1. The number of carbonyl (C=O) groups is 2. The van der Waals surface area contributed by atoms with Crippen LogP contribution in [0, 0.1) is 11.8 Å². The molecular weight excluding hydrogens is 626 g/mol. The number of carboxylic acids is 1. The van der Waals surface area contributed by atoms with Crippen LogP contribution in [0.15, 0.2) is 64.7 Å². The minimum Gasteiger partial charge on any atom is -0.478 e. The zero-order chi connectivity index (χ0) is 34.9. The zero-order valence-electron chi connectivity index (χ0n) is 26.2. The van der Waals surface area contributed by atoms with E-state index in [1.165, 1.54) is 33.5 Å². The van der Waals surface area contributed by atoms with Gasteiger partial charge >= 0.3 is 11.9 Å². The van der Waals surface area contributed by atoms with Gasteiger partial charge in [-0.25, -0.2) is 9.59 Å². The van der Waals surface area contributed by atoms with Gasteiger partial charge in [0.15, 0.2) is 18.4 Å². The first-order valence-electron chi connectivity index (χ1n) is 14.5. The molecule has 1 saturated heterocycles. The van der Waals surface area contributed by atoms with E-state index in [9.17, 15) is 40.2 Å². The number of aliphatic hydroxyl groups is 5. The molecule has 262 valence electrons. The second-order valence-corrected chi connectivity index (χ2v) is 10.6. The van der Waals surface area contributed by atoms with Crippen LogP contribution in [0.5, 0.6) is 0 Å². The van der Waals surface area contributed by atoms with Gasteiger partial charge in [0, 0.05) is 32.3 Å². The molecule has 7 atom stereocenters. The van der Waals surface area contributed by atoms with Crippen molar-refractivity contribution in [3.63, 3.8) is 0 Å². The number of hydrogen-bond acceptors (Lipinski definition) is 15. The van der Waals surface area contributed by atoms with Crippen molar-refractivity contribution in [2.75, 3.05) is 54.2 Å². The molecule has 0 aromatic carbocycles. The number of β-amino-alcohol motifs (C(OH)–C–C–N with tert-alkyl or cyclic N) is 1. The van der Waals surface area contributed by atoms with Gasteiger partial charge in [-0.2, -0.15) is 0 Å². The van der Waals surface area contributed by atoms with Gasteiger partial charge in [-0.3, -0.25) is 10.3 Å². The molecule has 3 rings (SSSR count). The molecule has 0 spiro atoms. The molecule has 7 unspecified atom stereocenters. The highest BCUT2D eigenvalue weighted by molar-refractivity contribution is 5.95. The van der Waals surface area contributed by atoms with Gasteiger partial charge in [-0.1, -0.05) is 18.2 Å². The highest BCUT2D eigenvalue weighted by Gasteiger charge is 2.57. The Balaban J connectivity index is 2.06. The van der Waals surface area contributed by atoms with Gasteiger partial charge in [0.2, 0.25) is 12.1 Å². The molecule has 3 aliphatic rings. The van der Waals surface area contributed by atoms with Crippen molar-refractivity contribution in [1.82, 2.24) is 15.5 Å². The SMILES string of the molecule is C=CC1C(OC2OC(CO)C(O)C(O)(O)C2OCNC)OC=C(C(=O)OC)C1C=CC1=C(NC(N)=NC)C(C(=O)O)=CN(CCO)C1. The summed E-state index contributed by atoms with van der Waals surface area (Å²) in [6.45, 7) is 2.85. The van der Waals surface area contributed by atoms with Gasteiger partial charge in [-0.05, 0) is 12.6 Å². The fraction of sp³-hybridized carbons (Fsp3) is 0.552. The number of allylic oxidation sites excluding steroid dienone is 1. The topological polar surface area (TPSA) is 267 Å². The van der Waals surface area contributed by atoms with Gasteiger partial charge in [-0.15, -0.1) is 6.58 Å². The molecule has 0 aromatic rings. The van der Waals surface area contributed by atoms with E-state index in [1.807, 2.05) is 0 Å². The lowest BCUT2D eigenvalue weighted by Gasteiger charge is -2.47. The summed E-state index contributed by atoms with van der Waals surface area (Å²) in [7, 11) is 4.12. The van der Waals surface area contributed by atoms with Crippen LogP contribution in [0.3, 0.4) is 0 Å². The van der Waals surface area contributed by atoms with Gasteiger partial charge in [0.1, 0.15) is 12.2 Å². The summed E-state index contributed by atoms with van der Waals surface area (Å²) in [5.74, 6) is -6.80. The lowest BCUT2D eigenvalue weighted by molar-refractivity contribution is -0.410. The molecule has 1 fully saturated rings. The summed E-state index contributed by atoms with van der Waals surface area (Å²) in [4.78, 5) is 30.5. The van der Waals surface area contributed by atoms with E-state index in [-0.39, 0.29) is 49.2 Å². The zero-order valence-corrected chi connectivity index (χ0v) is 26.2. The average Bonchev–Trinajstić information content (AvgIpc) is 3.05. The highest BCUT2D eigenvalue weighted by atomic mass is 16.8. The first kappa shape index (κ1) is 37.6. The van der Waals surface area contributed by atoms with Crippen molar-refractivity contribution in [3.05, 3.63) is 59.7 Å². The Morgan fingerprint density at radius 3 is 2.60 bits per heavy atom. The molecule has 3 aliphatic heterocycles. The van der Waals surface area contributed by atoms with Crippen molar-refractivity contribution in [1.29, 1.82) is 0 Å². The van der Waals surface area contributed by atoms with Crippen LogP contribution in [0.2, 0.25) is 0 Å². The number of nitrogens with zero attached hydrogens (tertiary/aromatic N) is 2. The number of hydrogen-bond donors (Lipinski definition) is 9. The smallest absolute Gasteiger partial charge is 0.339 e. The Hall–Kier alpha value is -3.85. The summed E-state index contributed by atoms with van der Waals surface area (Å²) >= 11 is 0. The number of guanidine groups is 1. The summed E-state index contributed by atoms with van der Waals surface area (Å²) in [6, 6.07) is 0. The summed E-state index contributed by atoms with van der Waals surface area (Å²) in [5.41, 5.74) is 6.28. The molecule has 47 heavy (non-hydrogen) atoms. The van der Waals surface area contributed by atoms with Crippen LogP contribution >= 0.6 is 0 Å². The Morgan fingerprint density at radius 1 is 1.30 bits per heavy atom. The summed E-state index contributed by atoms with van der Waals surface area (Å²) in [5, 5.41) is 66.6. The number of rotatable bonds is 14. The fourth-order valence-corrected chi connectivity index (χ4v) is 5.20. The maximum atomic E-state index is 12.9. The van der Waals surface area contributed by atoms with Crippen LogP contribution in [0.1, 0.15) is 0 Å². The van der Waals surface area contributed by atoms with Gasteiger partial charge in [0.25, 0.3) is 0 Å². The normalized spacial score (nSPS) is 29.6. The Bertz CT molecular complexity index is 1300. The Kier molecular flexibility index (Phi) is 13.5. The van der Waals surface area contributed by atoms with E-state index in [1.54, 1.807) is 17.1 Å². The lowest BCUT2D eigenvalue weighted by atomic mass is 9.83. The first-order valence-corrected chi connectivity index (χ1v) is 14.5. The van der Waals surface area contributed by atoms with Crippen LogP contribution < -0.4 is 16.4 Å². The Labute approximate surface area is 270 Å². The largest absolute Gasteiger partial charge is 0.478 e. The van der Waals surface area contributed by atoms with Crippen molar-refractivity contribution >= 4 is 17.9 Å². The number of methoxy groups -OCH3 is 1. The van der Waals surface area contributed by atoms with Crippen molar-refractivity contribution < 1.29 is 63.9 Å². The van der Waals surface area contributed by atoms with E-state index in [0.717, 1.165) is 6.26 Å². The predicted octanol–water partition coefficient (Wildman–Crippen LogP) is -3.22. The molecule has 18 heteroatoms. The van der Waals surface area contributed by atoms with Gasteiger partial charge < -0.3 is 70.3 Å². The predicted molar refractivity (Wildman–Crippen MR) is 162 cm³/mol. The average molecular weight is 670 g/mol. The summed E-state index contributed by atoms with van der Waals surface area (Å²) < 4.78 is 27.8. The molecule has 18 nitrogen and oxygen atoms in total. The number of carbonyl (C=O) groups excluding carboxylic acids is 1. The van der Waals surface area contributed by atoms with Crippen LogP contribution in [-0.4, -0.2) is 144 Å². The highest BCUT2D eigenvalue weighted by Crippen LogP contribution is 2.38. The maximum Gasteiger partial charge on any atom is 0.339 e. The number of ether oxygens (including phenoxy) is 5. The van der Waals surface area contributed by atoms with Crippen LogP contribution in [-0.2, 0) is 33.3 Å². The van der Waals surface area contributed by atoms with E-state index < -0.39 is 67.1 Å². The van der Waals surface area contributed by atoms with Crippen molar-refractivity contribution in [3.8, 4) is 0 Å². The first-order chi connectivity index (χ1) is 22.4. The number of nitrogens with two attached hydrogens (primary N) is 1.